The first-order valence-corrected chi connectivity index (χ1v) is 5.14. The predicted octanol–water partition coefficient (Wildman–Crippen LogP) is 3.45. The minimum Gasteiger partial charge on any atom is -0.246 e. The first-order valence-electron chi connectivity index (χ1n) is 3.86. The van der Waals surface area contributed by atoms with Crippen molar-refractivity contribution >= 4 is 10.6 Å². The molecule has 0 aromatic rings. The topological polar surface area (TPSA) is 43.4 Å². The summed E-state index contributed by atoms with van der Waals surface area (Å²) < 4.78 is 134. The lowest BCUT2D eigenvalue weighted by molar-refractivity contribution is -0.441. The summed E-state index contributed by atoms with van der Waals surface area (Å²) in [7, 11) is -5.67. The van der Waals surface area contributed by atoms with E-state index in [2.05, 4.69) is 11.3 Å². The molecule has 0 atom stereocenters. The van der Waals surface area contributed by atoms with Crippen molar-refractivity contribution in [3.8, 4) is 0 Å². The first-order chi connectivity index (χ1) is 8.46. The summed E-state index contributed by atoms with van der Waals surface area (Å²) in [6.07, 6.45) is -16.8. The zero-order valence-electron chi connectivity index (χ0n) is 8.77. The van der Waals surface area contributed by atoms with Crippen molar-refractivity contribution in [2.75, 3.05) is 0 Å². The average molecular weight is 346 g/mol. The summed E-state index contributed by atoms with van der Waals surface area (Å²) in [6.45, 7) is 2.23. The SMILES string of the molecule is C=CC(F)(F)C(F)(F)OC(F)(F)C(F)F.O=S(=O)(F)F. The Morgan fingerprint density at radius 2 is 1.30 bits per heavy atom. The van der Waals surface area contributed by atoms with Crippen molar-refractivity contribution in [3.63, 3.8) is 0 Å². The van der Waals surface area contributed by atoms with Crippen LogP contribution in [-0.4, -0.2) is 33.0 Å². The van der Waals surface area contributed by atoms with Crippen molar-refractivity contribution in [3.05, 3.63) is 12.7 Å². The molecule has 0 aliphatic rings. The smallest absolute Gasteiger partial charge is 0.246 e. The van der Waals surface area contributed by atoms with Gasteiger partial charge in [0, 0.05) is 0 Å². The van der Waals surface area contributed by atoms with Crippen LogP contribution in [0.2, 0.25) is 0 Å². The van der Waals surface area contributed by atoms with Gasteiger partial charge in [0.25, 0.3) is 0 Å². The van der Waals surface area contributed by atoms with Crippen LogP contribution in [0.15, 0.2) is 12.7 Å². The van der Waals surface area contributed by atoms with Crippen LogP contribution >= 0.6 is 0 Å². The Bertz CT molecular complexity index is 409. The predicted molar refractivity (Wildman–Crippen MR) is 43.3 cm³/mol. The van der Waals surface area contributed by atoms with Crippen LogP contribution in [0, 0.1) is 0 Å². The maximum atomic E-state index is 12.2. The Morgan fingerprint density at radius 1 is 1.00 bits per heavy atom. The van der Waals surface area contributed by atoms with Crippen molar-refractivity contribution < 1.29 is 56.0 Å². The molecule has 0 rings (SSSR count). The fourth-order valence-corrected chi connectivity index (χ4v) is 0.402. The first kappa shape index (κ1) is 21.3. The Morgan fingerprint density at radius 3 is 1.50 bits per heavy atom. The molecule has 0 aliphatic carbocycles. The molecule has 0 bridgehead atoms. The van der Waals surface area contributed by atoms with Crippen LogP contribution in [0.3, 0.4) is 0 Å². The quantitative estimate of drug-likeness (QED) is 0.435. The second-order valence-electron chi connectivity index (χ2n) is 2.69. The highest BCUT2D eigenvalue weighted by Crippen LogP contribution is 2.41. The molecule has 20 heavy (non-hydrogen) atoms. The van der Waals surface area contributed by atoms with Gasteiger partial charge in [-0.05, 0) is 6.08 Å². The average Bonchev–Trinajstić information content (AvgIpc) is 2.12. The number of rotatable bonds is 5. The Balaban J connectivity index is 0. The van der Waals surface area contributed by atoms with Crippen molar-refractivity contribution in [2.24, 2.45) is 0 Å². The molecule has 0 fully saturated rings. The molecule has 0 N–H and O–H groups in total. The Labute approximate surface area is 105 Å². The van der Waals surface area contributed by atoms with Gasteiger partial charge in [-0.15, -0.1) is 0 Å². The van der Waals surface area contributed by atoms with Crippen molar-refractivity contribution in [2.45, 2.75) is 24.6 Å². The molecular formula is C6H4F10O3S. The van der Waals surface area contributed by atoms with Crippen LogP contribution in [0.4, 0.5) is 42.9 Å². The normalized spacial score (nSPS) is 13.8. The van der Waals surface area contributed by atoms with E-state index in [0.717, 1.165) is 0 Å². The summed E-state index contributed by atoms with van der Waals surface area (Å²) in [4.78, 5) is 0. The zero-order valence-corrected chi connectivity index (χ0v) is 9.59. The largest absolute Gasteiger partial charge is 0.476 e. The fraction of sp³-hybridized carbons (Fsp3) is 0.667. The van der Waals surface area contributed by atoms with Crippen molar-refractivity contribution in [1.29, 1.82) is 0 Å². The van der Waals surface area contributed by atoms with E-state index in [-0.39, 0.29) is 0 Å². The Hall–Kier alpha value is -1.05. The molecule has 0 unspecified atom stereocenters. The zero-order chi connectivity index (χ0) is 17.0. The van der Waals surface area contributed by atoms with E-state index in [9.17, 15) is 42.9 Å². The van der Waals surface area contributed by atoms with Gasteiger partial charge in [0.2, 0.25) is 0 Å². The number of hydrogen-bond acceptors (Lipinski definition) is 3. The molecule has 0 saturated carbocycles. The van der Waals surface area contributed by atoms with E-state index in [1.807, 2.05) is 0 Å². The standard InChI is InChI=1S/C6H4F8O.F2O2S/c1-2-4(9,10)6(13,14)15-5(11,12)3(7)8;1-5(2,3)4/h2-3H,1H2;. The summed E-state index contributed by atoms with van der Waals surface area (Å²) in [6, 6.07) is 0. The minimum atomic E-state index is -5.77. The third kappa shape index (κ3) is 8.19. The highest BCUT2D eigenvalue weighted by molar-refractivity contribution is 7.81. The molecule has 0 aliphatic heterocycles. The molecular weight excluding hydrogens is 342 g/mol. The summed E-state index contributed by atoms with van der Waals surface area (Å²) in [5.41, 5.74) is 0. The van der Waals surface area contributed by atoms with Crippen LogP contribution in [0.25, 0.3) is 0 Å². The lowest BCUT2D eigenvalue weighted by Gasteiger charge is -2.27. The molecule has 0 saturated heterocycles. The fourth-order valence-electron chi connectivity index (χ4n) is 0.402. The van der Waals surface area contributed by atoms with E-state index in [1.54, 1.807) is 0 Å². The molecule has 122 valence electrons. The second kappa shape index (κ2) is 6.60. The molecule has 0 heterocycles. The van der Waals surface area contributed by atoms with Gasteiger partial charge in [-0.3, -0.25) is 0 Å². The third-order valence-electron chi connectivity index (χ3n) is 1.16. The molecule has 0 aromatic heterocycles. The minimum absolute atomic E-state index is 0.686. The summed E-state index contributed by atoms with van der Waals surface area (Å²) in [5.74, 6) is -5.18. The summed E-state index contributed by atoms with van der Waals surface area (Å²) in [5, 5.41) is 0. The molecule has 0 amide bonds. The molecule has 0 radical (unpaired) electrons. The number of alkyl halides is 8. The molecule has 0 spiro atoms. The third-order valence-corrected chi connectivity index (χ3v) is 1.16. The number of hydrogen-bond donors (Lipinski definition) is 0. The van der Waals surface area contributed by atoms with Gasteiger partial charge in [-0.2, -0.15) is 34.8 Å². The van der Waals surface area contributed by atoms with Gasteiger partial charge in [-0.1, -0.05) is 14.4 Å². The van der Waals surface area contributed by atoms with Crippen LogP contribution in [0.1, 0.15) is 0 Å². The number of halogens is 10. The maximum absolute atomic E-state index is 12.2. The van der Waals surface area contributed by atoms with Crippen molar-refractivity contribution in [1.82, 2.24) is 0 Å². The van der Waals surface area contributed by atoms with E-state index >= 15 is 0 Å². The van der Waals surface area contributed by atoms with Gasteiger partial charge in [0.15, 0.2) is 0 Å². The van der Waals surface area contributed by atoms with Crippen LogP contribution in [0.5, 0.6) is 0 Å². The van der Waals surface area contributed by atoms with E-state index in [0.29, 0.717) is 0 Å². The van der Waals surface area contributed by atoms with E-state index in [4.69, 9.17) is 8.42 Å². The lowest BCUT2D eigenvalue weighted by atomic mass is 10.3. The van der Waals surface area contributed by atoms with Gasteiger partial charge in [0.1, 0.15) is 0 Å². The highest BCUT2D eigenvalue weighted by Gasteiger charge is 2.62. The van der Waals surface area contributed by atoms with Gasteiger partial charge < -0.3 is 0 Å². The molecule has 3 nitrogen and oxygen atoms in total. The van der Waals surface area contributed by atoms with Gasteiger partial charge in [0.05, 0.1) is 0 Å². The highest BCUT2D eigenvalue weighted by atomic mass is 32.3. The lowest BCUT2D eigenvalue weighted by Crippen LogP contribution is -2.48. The monoisotopic (exact) mass is 346 g/mol. The maximum Gasteiger partial charge on any atom is 0.476 e. The van der Waals surface area contributed by atoms with Crippen LogP contribution in [-0.2, 0) is 15.3 Å². The summed E-state index contributed by atoms with van der Waals surface area (Å²) >= 11 is 0. The van der Waals surface area contributed by atoms with E-state index < -0.39 is 41.3 Å². The van der Waals surface area contributed by atoms with Crippen LogP contribution < -0.4 is 0 Å². The molecule has 0 aromatic carbocycles. The van der Waals surface area contributed by atoms with Gasteiger partial charge in [-0.25, -0.2) is 13.5 Å². The Kier molecular flexibility index (Phi) is 7.01. The second-order valence-corrected chi connectivity index (χ2v) is 3.44. The van der Waals surface area contributed by atoms with Gasteiger partial charge >= 0.3 is 35.2 Å². The molecule has 14 heteroatoms. The number of ether oxygens (including phenoxy) is 1. The van der Waals surface area contributed by atoms with E-state index in [1.165, 1.54) is 0 Å².